The largest absolute Gasteiger partial charge is 0.383 e. The molecule has 3 nitrogen and oxygen atoms in total. The molecule has 3 aliphatic rings. The van der Waals surface area contributed by atoms with Gasteiger partial charge in [-0.15, -0.1) is 5.47 Å². The van der Waals surface area contributed by atoms with Gasteiger partial charge in [-0.3, -0.25) is 4.90 Å². The van der Waals surface area contributed by atoms with E-state index in [1.54, 1.807) is 0 Å². The maximum Gasteiger partial charge on any atom is 0.186 e. The predicted molar refractivity (Wildman–Crippen MR) is 180 cm³/mol. The summed E-state index contributed by atoms with van der Waals surface area (Å²) in [6.07, 6.45) is 32.5. The van der Waals surface area contributed by atoms with Crippen LogP contribution >= 0.6 is 0 Å². The Kier molecular flexibility index (Phi) is 14.3. The molecule has 0 bridgehead atoms. The summed E-state index contributed by atoms with van der Waals surface area (Å²) >= 11 is 0. The molecule has 0 amide bonds. The van der Waals surface area contributed by atoms with Crippen LogP contribution in [0.25, 0.3) is 0 Å². The minimum absolute atomic E-state index is 0.0688. The predicted octanol–water partition coefficient (Wildman–Crippen LogP) is 8.33. The van der Waals surface area contributed by atoms with Crippen LogP contribution in [0.3, 0.4) is 0 Å². The van der Waals surface area contributed by atoms with E-state index in [1.165, 1.54) is 79.2 Å². The number of morpholine rings is 1. The van der Waals surface area contributed by atoms with Crippen molar-refractivity contribution in [2.24, 2.45) is 5.92 Å². The van der Waals surface area contributed by atoms with Gasteiger partial charge < -0.3 is 10.1 Å². The standard InChI is InChI=1S/C37H52BN2O/c1-7-12-19-30(10-4)39-31-20-17-15-16-18-21-32(25-24-31)40-26-27-41-36(28-40)37-33(22-13-8-2)29(6)38-35(11-5)34(37)23-14-9-3/h7-14,19,22-23,31-32,36-37,39H,1-3,5,15-18,20-21,24-28H2,4,6H3/b19-12-,22-13-,23-14-,30-10+. The molecule has 41 heavy (non-hydrogen) atoms. The van der Waals surface area contributed by atoms with Crippen LogP contribution in [-0.4, -0.2) is 50.1 Å². The number of hydrogen-bond acceptors (Lipinski definition) is 3. The van der Waals surface area contributed by atoms with Gasteiger partial charge in [0.1, 0.15) is 0 Å². The molecule has 2 aliphatic heterocycles. The minimum atomic E-state index is 0.0688. The third-order valence-electron chi connectivity index (χ3n) is 8.67. The lowest BCUT2D eigenvalue weighted by atomic mass is 9.53. The topological polar surface area (TPSA) is 24.5 Å². The Balaban J connectivity index is 1.84. The van der Waals surface area contributed by atoms with Crippen molar-refractivity contribution < 1.29 is 4.74 Å². The zero-order valence-corrected chi connectivity index (χ0v) is 25.7. The van der Waals surface area contributed by atoms with Gasteiger partial charge in [-0.05, 0) is 49.8 Å². The second kappa shape index (κ2) is 17.9. The lowest BCUT2D eigenvalue weighted by Gasteiger charge is -2.44. The first-order valence-electron chi connectivity index (χ1n) is 15.6. The quantitative estimate of drug-likeness (QED) is 0.206. The molecule has 2 fully saturated rings. The first-order valence-corrected chi connectivity index (χ1v) is 15.6. The fraction of sp³-hybridized carbons (Fsp3) is 0.459. The van der Waals surface area contributed by atoms with E-state index in [2.05, 4.69) is 82.0 Å². The molecule has 0 aromatic heterocycles. The van der Waals surface area contributed by atoms with E-state index in [9.17, 15) is 0 Å². The average Bonchev–Trinajstić information content (AvgIpc) is 3.00. The summed E-state index contributed by atoms with van der Waals surface area (Å²) in [7, 11) is 2.24. The highest BCUT2D eigenvalue weighted by Gasteiger charge is 2.37. The molecular weight excluding hydrogens is 499 g/mol. The molecule has 4 unspecified atom stereocenters. The summed E-state index contributed by atoms with van der Waals surface area (Å²) in [6.45, 7) is 22.8. The van der Waals surface area contributed by atoms with Gasteiger partial charge in [-0.25, -0.2) is 0 Å². The Morgan fingerprint density at radius 3 is 2.29 bits per heavy atom. The molecule has 1 aliphatic carbocycles. The summed E-state index contributed by atoms with van der Waals surface area (Å²) in [5, 5.41) is 3.83. The number of nitrogens with zero attached hydrogens (tertiary/aromatic N) is 1. The van der Waals surface area contributed by atoms with E-state index in [1.807, 2.05) is 42.5 Å². The Morgan fingerprint density at radius 2 is 1.61 bits per heavy atom. The molecule has 1 saturated heterocycles. The molecule has 4 heteroatoms. The highest BCUT2D eigenvalue weighted by atomic mass is 16.5. The van der Waals surface area contributed by atoms with Crippen molar-refractivity contribution in [1.29, 1.82) is 0 Å². The molecule has 2 heterocycles. The summed E-state index contributed by atoms with van der Waals surface area (Å²) in [5.41, 5.74) is 6.17. The zero-order valence-electron chi connectivity index (χ0n) is 25.7. The van der Waals surface area contributed by atoms with Gasteiger partial charge in [-0.2, -0.15) is 0 Å². The van der Waals surface area contributed by atoms with Gasteiger partial charge >= 0.3 is 0 Å². The Labute approximate surface area is 251 Å². The second-order valence-electron chi connectivity index (χ2n) is 11.4. The molecule has 0 aromatic rings. The number of allylic oxidation sites excluding steroid dienone is 13. The fourth-order valence-electron chi connectivity index (χ4n) is 6.53. The summed E-state index contributed by atoms with van der Waals surface area (Å²) in [4.78, 5) is 2.74. The summed E-state index contributed by atoms with van der Waals surface area (Å²) in [6, 6.07) is 1.07. The lowest BCUT2D eigenvalue weighted by Crippen LogP contribution is -2.51. The van der Waals surface area contributed by atoms with Crippen molar-refractivity contribution in [2.45, 2.75) is 83.4 Å². The Morgan fingerprint density at radius 1 is 0.902 bits per heavy atom. The van der Waals surface area contributed by atoms with Crippen molar-refractivity contribution in [2.75, 3.05) is 19.7 Å². The van der Waals surface area contributed by atoms with Crippen molar-refractivity contribution in [3.05, 3.63) is 121 Å². The van der Waals surface area contributed by atoms with Crippen LogP contribution in [0.4, 0.5) is 0 Å². The van der Waals surface area contributed by atoms with Crippen LogP contribution in [0.1, 0.15) is 65.2 Å². The Bertz CT molecular complexity index is 1090. The molecule has 0 aromatic carbocycles. The smallest absolute Gasteiger partial charge is 0.186 e. The molecule has 3 rings (SSSR count). The van der Waals surface area contributed by atoms with E-state index >= 15 is 0 Å². The van der Waals surface area contributed by atoms with Gasteiger partial charge in [0.2, 0.25) is 0 Å². The van der Waals surface area contributed by atoms with Gasteiger partial charge in [0.05, 0.1) is 12.7 Å². The molecule has 1 radical (unpaired) electrons. The van der Waals surface area contributed by atoms with Crippen LogP contribution in [0.15, 0.2) is 121 Å². The van der Waals surface area contributed by atoms with Crippen molar-refractivity contribution in [1.82, 2.24) is 10.2 Å². The highest BCUT2D eigenvalue weighted by molar-refractivity contribution is 6.55. The van der Waals surface area contributed by atoms with Crippen molar-refractivity contribution >= 4 is 7.28 Å². The van der Waals surface area contributed by atoms with Gasteiger partial charge in [0, 0.05) is 36.8 Å². The summed E-state index contributed by atoms with van der Waals surface area (Å²) in [5.74, 6) is 0.131. The monoisotopic (exact) mass is 551 g/mol. The van der Waals surface area contributed by atoms with Gasteiger partial charge in [-0.1, -0.05) is 125 Å². The third-order valence-corrected chi connectivity index (χ3v) is 8.67. The maximum absolute atomic E-state index is 6.61. The van der Waals surface area contributed by atoms with Crippen molar-refractivity contribution in [3.63, 3.8) is 0 Å². The van der Waals surface area contributed by atoms with E-state index in [4.69, 9.17) is 4.74 Å². The molecule has 0 spiro atoms. The number of ether oxygens (including phenoxy) is 1. The first kappa shape index (κ1) is 32.7. The Hall–Kier alpha value is -2.82. The number of nitrogens with one attached hydrogen (secondary N) is 1. The average molecular weight is 552 g/mol. The minimum Gasteiger partial charge on any atom is -0.383 e. The van der Waals surface area contributed by atoms with E-state index in [-0.39, 0.29) is 12.0 Å². The lowest BCUT2D eigenvalue weighted by molar-refractivity contribution is -0.0593. The van der Waals surface area contributed by atoms with E-state index in [0.29, 0.717) is 12.1 Å². The molecule has 219 valence electrons. The molecule has 4 atom stereocenters. The van der Waals surface area contributed by atoms with E-state index < -0.39 is 0 Å². The third kappa shape index (κ3) is 9.62. The second-order valence-corrected chi connectivity index (χ2v) is 11.4. The zero-order chi connectivity index (χ0) is 29.5. The van der Waals surface area contributed by atoms with Crippen LogP contribution < -0.4 is 5.32 Å². The number of hydrogen-bond donors (Lipinski definition) is 1. The van der Waals surface area contributed by atoms with Gasteiger partial charge in [0.15, 0.2) is 7.28 Å². The van der Waals surface area contributed by atoms with Crippen molar-refractivity contribution in [3.8, 4) is 0 Å². The van der Waals surface area contributed by atoms with Crippen LogP contribution in [0, 0.1) is 5.92 Å². The van der Waals surface area contributed by atoms with E-state index in [0.717, 1.165) is 19.7 Å². The normalized spacial score (nSPS) is 27.7. The fourth-order valence-corrected chi connectivity index (χ4v) is 6.53. The summed E-state index contributed by atoms with van der Waals surface area (Å²) < 4.78 is 6.61. The maximum atomic E-state index is 6.61. The SMILES string of the molecule is C=C/C=C\C1=C(C)[B]C(C=C)=C(/C=C\C=C)C1C1CN(C2CCCCCCC(NC(/C=C\C=C)=C/C)CC2)CCO1. The first-order chi connectivity index (χ1) is 20.1. The molecule has 1 saturated carbocycles. The molecular formula is C37H52BN2O. The van der Waals surface area contributed by atoms with Gasteiger partial charge in [0.25, 0.3) is 0 Å². The number of rotatable bonds is 11. The molecule has 1 N–H and O–H groups in total. The van der Waals surface area contributed by atoms with Crippen LogP contribution in [-0.2, 0) is 4.74 Å². The van der Waals surface area contributed by atoms with Crippen LogP contribution in [0.5, 0.6) is 0 Å². The van der Waals surface area contributed by atoms with Crippen LogP contribution in [0.2, 0.25) is 0 Å². The highest BCUT2D eigenvalue weighted by Crippen LogP contribution is 2.38.